The van der Waals surface area contributed by atoms with Gasteiger partial charge in [-0.15, -0.1) is 0 Å². The molecule has 0 saturated heterocycles. The van der Waals surface area contributed by atoms with Crippen LogP contribution in [0.4, 0.5) is 10.2 Å². The van der Waals surface area contributed by atoms with Gasteiger partial charge in [0.15, 0.2) is 5.82 Å². The SMILES string of the molecule is NS(=O)(=O)c1cncc(-c2nc(NCc3ccc(F)cn3)c3c(-c4ccccc4)cccc3n2)c1. The van der Waals surface area contributed by atoms with Crippen molar-refractivity contribution >= 4 is 26.7 Å². The van der Waals surface area contributed by atoms with Crippen LogP contribution in [-0.2, 0) is 16.6 Å². The monoisotopic (exact) mass is 486 g/mol. The summed E-state index contributed by atoms with van der Waals surface area (Å²) in [4.78, 5) is 17.4. The minimum atomic E-state index is -3.95. The molecule has 0 radical (unpaired) electrons. The van der Waals surface area contributed by atoms with E-state index < -0.39 is 15.8 Å². The van der Waals surface area contributed by atoms with E-state index in [4.69, 9.17) is 15.1 Å². The Morgan fingerprint density at radius 1 is 0.886 bits per heavy atom. The number of benzene rings is 2. The molecule has 0 fully saturated rings. The quantitative estimate of drug-likeness (QED) is 0.369. The van der Waals surface area contributed by atoms with E-state index in [0.717, 1.165) is 22.7 Å². The van der Waals surface area contributed by atoms with Gasteiger partial charge in [-0.05, 0) is 35.4 Å². The Bertz CT molecular complexity index is 1630. The first-order valence-electron chi connectivity index (χ1n) is 10.6. The average Bonchev–Trinajstić information content (AvgIpc) is 2.88. The summed E-state index contributed by atoms with van der Waals surface area (Å²) in [5.41, 5.74) is 3.56. The van der Waals surface area contributed by atoms with E-state index >= 15 is 0 Å². The topological polar surface area (TPSA) is 124 Å². The third-order valence-corrected chi connectivity index (χ3v) is 6.21. The highest BCUT2D eigenvalue weighted by atomic mass is 32.2. The number of hydrogen-bond donors (Lipinski definition) is 2. The van der Waals surface area contributed by atoms with Crippen LogP contribution in [0.15, 0.2) is 90.2 Å². The van der Waals surface area contributed by atoms with E-state index in [1.54, 1.807) is 6.07 Å². The Morgan fingerprint density at radius 2 is 1.71 bits per heavy atom. The van der Waals surface area contributed by atoms with Crippen LogP contribution in [0.3, 0.4) is 0 Å². The van der Waals surface area contributed by atoms with Gasteiger partial charge in [-0.2, -0.15) is 0 Å². The minimum absolute atomic E-state index is 0.137. The van der Waals surface area contributed by atoms with Gasteiger partial charge in [0.1, 0.15) is 16.5 Å². The number of primary sulfonamides is 1. The summed E-state index contributed by atoms with van der Waals surface area (Å²) < 4.78 is 37.0. The van der Waals surface area contributed by atoms with Crippen molar-refractivity contribution in [3.8, 4) is 22.5 Å². The van der Waals surface area contributed by atoms with Crippen LogP contribution in [0.2, 0.25) is 0 Å². The highest BCUT2D eigenvalue weighted by Crippen LogP contribution is 2.34. The molecule has 35 heavy (non-hydrogen) atoms. The molecule has 3 heterocycles. The highest BCUT2D eigenvalue weighted by Gasteiger charge is 2.16. The van der Waals surface area contributed by atoms with Crippen LogP contribution in [0.25, 0.3) is 33.4 Å². The van der Waals surface area contributed by atoms with Gasteiger partial charge in [0.25, 0.3) is 0 Å². The van der Waals surface area contributed by atoms with E-state index in [1.807, 2.05) is 48.5 Å². The molecule has 8 nitrogen and oxygen atoms in total. The highest BCUT2D eigenvalue weighted by molar-refractivity contribution is 7.89. The van der Waals surface area contributed by atoms with Crippen molar-refractivity contribution in [2.24, 2.45) is 5.14 Å². The molecule has 174 valence electrons. The zero-order valence-corrected chi connectivity index (χ0v) is 19.1. The maximum atomic E-state index is 13.3. The summed E-state index contributed by atoms with van der Waals surface area (Å²) in [6.45, 7) is 0.282. The summed E-state index contributed by atoms with van der Waals surface area (Å²) in [6.07, 6.45) is 3.80. The fourth-order valence-electron chi connectivity index (χ4n) is 3.68. The zero-order chi connectivity index (χ0) is 24.4. The van der Waals surface area contributed by atoms with Crippen LogP contribution < -0.4 is 10.5 Å². The molecule has 0 amide bonds. The number of nitrogens with two attached hydrogens (primary N) is 1. The summed E-state index contributed by atoms with van der Waals surface area (Å²) in [7, 11) is -3.95. The van der Waals surface area contributed by atoms with Crippen molar-refractivity contribution in [3.05, 3.63) is 96.8 Å². The Morgan fingerprint density at radius 3 is 2.46 bits per heavy atom. The Hall–Kier alpha value is -4.28. The van der Waals surface area contributed by atoms with Gasteiger partial charge in [-0.25, -0.2) is 27.9 Å². The second kappa shape index (κ2) is 9.16. The van der Waals surface area contributed by atoms with Crippen LogP contribution in [0.1, 0.15) is 5.69 Å². The maximum absolute atomic E-state index is 13.3. The van der Waals surface area contributed by atoms with Crippen molar-refractivity contribution in [2.75, 3.05) is 5.32 Å². The van der Waals surface area contributed by atoms with Crippen molar-refractivity contribution in [1.82, 2.24) is 19.9 Å². The molecule has 3 aromatic heterocycles. The zero-order valence-electron chi connectivity index (χ0n) is 18.3. The molecule has 0 spiro atoms. The fraction of sp³-hybridized carbons (Fsp3) is 0.0400. The Labute approximate surface area is 200 Å². The minimum Gasteiger partial charge on any atom is -0.364 e. The number of halogens is 1. The molecule has 0 aliphatic rings. The lowest BCUT2D eigenvalue weighted by Gasteiger charge is -2.14. The molecule has 3 N–H and O–H groups in total. The first kappa shape index (κ1) is 22.5. The molecule has 0 aliphatic carbocycles. The van der Waals surface area contributed by atoms with E-state index in [-0.39, 0.29) is 17.3 Å². The molecule has 10 heteroatoms. The van der Waals surface area contributed by atoms with Gasteiger partial charge >= 0.3 is 0 Å². The first-order chi connectivity index (χ1) is 16.9. The van der Waals surface area contributed by atoms with Crippen LogP contribution in [0, 0.1) is 5.82 Å². The van der Waals surface area contributed by atoms with Crippen LogP contribution >= 0.6 is 0 Å². The van der Waals surface area contributed by atoms with Crippen molar-refractivity contribution in [2.45, 2.75) is 11.4 Å². The lowest BCUT2D eigenvalue weighted by atomic mass is 10.0. The molecular formula is C25H19FN6O2S. The molecule has 0 atom stereocenters. The fourth-order valence-corrected chi connectivity index (χ4v) is 4.18. The second-order valence-electron chi connectivity index (χ2n) is 7.74. The number of fused-ring (bicyclic) bond motifs is 1. The third kappa shape index (κ3) is 4.84. The van der Waals surface area contributed by atoms with Crippen molar-refractivity contribution < 1.29 is 12.8 Å². The van der Waals surface area contributed by atoms with Gasteiger partial charge in [0.05, 0.1) is 29.3 Å². The maximum Gasteiger partial charge on any atom is 0.239 e. The molecule has 2 aromatic carbocycles. The number of anilines is 1. The molecule has 5 aromatic rings. The van der Waals surface area contributed by atoms with Crippen LogP contribution in [-0.4, -0.2) is 28.4 Å². The van der Waals surface area contributed by atoms with E-state index in [9.17, 15) is 12.8 Å². The lowest BCUT2D eigenvalue weighted by Crippen LogP contribution is -2.12. The van der Waals surface area contributed by atoms with Gasteiger partial charge in [-0.1, -0.05) is 42.5 Å². The smallest absolute Gasteiger partial charge is 0.239 e. The molecule has 0 bridgehead atoms. The van der Waals surface area contributed by atoms with Crippen molar-refractivity contribution in [1.29, 1.82) is 0 Å². The van der Waals surface area contributed by atoms with E-state index in [2.05, 4.69) is 15.3 Å². The van der Waals surface area contributed by atoms with E-state index in [1.165, 1.54) is 24.5 Å². The number of sulfonamides is 1. The van der Waals surface area contributed by atoms with E-state index in [0.29, 0.717) is 22.6 Å². The van der Waals surface area contributed by atoms with Gasteiger partial charge in [0, 0.05) is 18.0 Å². The summed E-state index contributed by atoms with van der Waals surface area (Å²) >= 11 is 0. The van der Waals surface area contributed by atoms with Gasteiger partial charge < -0.3 is 5.32 Å². The first-order valence-corrected chi connectivity index (χ1v) is 12.1. The Balaban J connectivity index is 1.67. The van der Waals surface area contributed by atoms with Gasteiger partial charge in [0.2, 0.25) is 10.0 Å². The largest absolute Gasteiger partial charge is 0.364 e. The number of aromatic nitrogens is 4. The normalized spacial score (nSPS) is 11.5. The molecule has 0 saturated carbocycles. The number of pyridine rings is 2. The number of hydrogen-bond acceptors (Lipinski definition) is 7. The Kier molecular flexibility index (Phi) is 5.89. The number of rotatable bonds is 6. The predicted molar refractivity (Wildman–Crippen MR) is 131 cm³/mol. The summed E-state index contributed by atoms with van der Waals surface area (Å²) in [6, 6.07) is 19.9. The second-order valence-corrected chi connectivity index (χ2v) is 9.30. The lowest BCUT2D eigenvalue weighted by molar-refractivity contribution is 0.597. The average molecular weight is 487 g/mol. The standard InChI is InChI=1S/C25H19FN6O2S/c26-18-9-10-19(29-13-18)14-30-25-23-21(16-5-2-1-3-6-16)7-4-8-22(23)31-24(32-25)17-11-20(15-28-12-17)35(27,33)34/h1-13,15H,14H2,(H2,27,33,34)(H,30,31,32). The third-order valence-electron chi connectivity index (χ3n) is 5.33. The predicted octanol–water partition coefficient (Wildman–Crippen LogP) is 4.15. The molecule has 0 aliphatic heterocycles. The summed E-state index contributed by atoms with van der Waals surface area (Å²) in [5, 5.41) is 9.34. The molecule has 0 unspecified atom stereocenters. The van der Waals surface area contributed by atoms with Crippen LogP contribution in [0.5, 0.6) is 0 Å². The molecular weight excluding hydrogens is 467 g/mol. The molecule has 5 rings (SSSR count). The number of nitrogens with zero attached hydrogens (tertiary/aromatic N) is 4. The summed E-state index contributed by atoms with van der Waals surface area (Å²) in [5.74, 6) is 0.365. The number of nitrogens with one attached hydrogen (secondary N) is 1. The van der Waals surface area contributed by atoms with Crippen molar-refractivity contribution in [3.63, 3.8) is 0 Å². The van der Waals surface area contributed by atoms with Gasteiger partial charge in [-0.3, -0.25) is 9.97 Å².